The Hall–Kier alpha value is -2.77. The zero-order chi connectivity index (χ0) is 22.5. The van der Waals surface area contributed by atoms with E-state index in [1.165, 1.54) is 7.11 Å². The maximum absolute atomic E-state index is 13.5. The van der Waals surface area contributed by atoms with Gasteiger partial charge >= 0.3 is 5.97 Å². The number of fused-ring (bicyclic) bond motifs is 1. The Morgan fingerprint density at radius 3 is 2.26 bits per heavy atom. The average molecular weight is 440 g/mol. The van der Waals surface area contributed by atoms with Gasteiger partial charge < -0.3 is 9.64 Å². The van der Waals surface area contributed by atoms with E-state index in [9.17, 15) is 9.59 Å². The summed E-state index contributed by atoms with van der Waals surface area (Å²) in [6, 6.07) is 10.8. The van der Waals surface area contributed by atoms with Crippen LogP contribution in [0.1, 0.15) is 45.7 Å². The smallest absolute Gasteiger partial charge is 0.337 e. The molecule has 31 heavy (non-hydrogen) atoms. The molecule has 0 atom stereocenters. The van der Waals surface area contributed by atoms with Crippen molar-refractivity contribution in [1.82, 2.24) is 9.88 Å². The van der Waals surface area contributed by atoms with Crippen molar-refractivity contribution < 1.29 is 14.3 Å². The van der Waals surface area contributed by atoms with Gasteiger partial charge in [0.1, 0.15) is 0 Å². The third kappa shape index (κ3) is 5.11. The fourth-order valence-electron chi connectivity index (χ4n) is 3.57. The number of methoxy groups -OCH3 is 1. The number of hydrogen-bond donors (Lipinski definition) is 0. The van der Waals surface area contributed by atoms with E-state index in [2.05, 4.69) is 44.7 Å². The molecule has 7 heteroatoms. The van der Waals surface area contributed by atoms with Crippen molar-refractivity contribution >= 4 is 38.6 Å². The topological polar surface area (TPSA) is 62.7 Å². The predicted octanol–water partition coefficient (Wildman–Crippen LogP) is 4.69. The van der Waals surface area contributed by atoms with Gasteiger partial charge in [-0.3, -0.25) is 9.69 Å². The average Bonchev–Trinajstić information content (AvgIpc) is 3.20. The van der Waals surface area contributed by atoms with Gasteiger partial charge in [-0.2, -0.15) is 0 Å². The molecule has 2 aromatic carbocycles. The number of benzene rings is 2. The van der Waals surface area contributed by atoms with E-state index in [0.717, 1.165) is 41.0 Å². The van der Waals surface area contributed by atoms with Gasteiger partial charge in [0.15, 0.2) is 5.13 Å². The quantitative estimate of drug-likeness (QED) is 0.477. The summed E-state index contributed by atoms with van der Waals surface area (Å²) in [7, 11) is 1.34. The molecule has 0 saturated heterocycles. The third-order valence-corrected chi connectivity index (χ3v) is 6.60. The minimum atomic E-state index is -0.422. The lowest BCUT2D eigenvalue weighted by molar-refractivity contribution is 0.0600. The minimum Gasteiger partial charge on any atom is -0.465 e. The van der Waals surface area contributed by atoms with Crippen molar-refractivity contribution in [3.05, 3.63) is 58.7 Å². The monoisotopic (exact) mass is 439 g/mol. The van der Waals surface area contributed by atoms with E-state index in [-0.39, 0.29) is 5.91 Å². The molecule has 6 nitrogen and oxygen atoms in total. The predicted molar refractivity (Wildman–Crippen MR) is 126 cm³/mol. The molecule has 0 radical (unpaired) electrons. The fraction of sp³-hybridized carbons (Fsp3) is 0.375. The summed E-state index contributed by atoms with van der Waals surface area (Å²) < 4.78 is 5.85. The molecule has 0 spiro atoms. The standard InChI is InChI=1S/C24H29N3O3S/c1-6-26(7-2)12-13-27(22(28)18-8-10-19(11-9-18)23(29)30-5)24-25-20-15-16(3)14-17(4)21(20)31-24/h8-11,14-15H,6-7,12-13H2,1-5H3. The largest absolute Gasteiger partial charge is 0.465 e. The van der Waals surface area contributed by atoms with Crippen LogP contribution in [-0.2, 0) is 4.74 Å². The molecule has 0 N–H and O–H groups in total. The SMILES string of the molecule is CCN(CC)CCN(C(=O)c1ccc(C(=O)OC)cc1)c1nc2cc(C)cc(C)c2s1. The highest BCUT2D eigenvalue weighted by Gasteiger charge is 2.23. The Morgan fingerprint density at radius 2 is 1.65 bits per heavy atom. The number of carbonyl (C=O) groups is 2. The van der Waals surface area contributed by atoms with E-state index >= 15 is 0 Å². The number of anilines is 1. The van der Waals surface area contributed by atoms with Crippen LogP contribution in [0.15, 0.2) is 36.4 Å². The number of hydrogen-bond acceptors (Lipinski definition) is 6. The van der Waals surface area contributed by atoms with Gasteiger partial charge in [0, 0.05) is 18.7 Å². The lowest BCUT2D eigenvalue weighted by Gasteiger charge is -2.24. The van der Waals surface area contributed by atoms with Crippen LogP contribution < -0.4 is 4.90 Å². The van der Waals surface area contributed by atoms with Crippen LogP contribution in [0.3, 0.4) is 0 Å². The van der Waals surface area contributed by atoms with Crippen LogP contribution in [0, 0.1) is 13.8 Å². The van der Waals surface area contributed by atoms with Crippen LogP contribution in [-0.4, -0.2) is 55.0 Å². The number of aryl methyl sites for hydroxylation is 2. The molecule has 0 aliphatic heterocycles. The highest BCUT2D eigenvalue weighted by atomic mass is 32.1. The molecule has 0 fully saturated rings. The number of esters is 1. The molecule has 0 aliphatic rings. The van der Waals surface area contributed by atoms with E-state index in [1.54, 1.807) is 40.5 Å². The second kappa shape index (κ2) is 10.0. The summed E-state index contributed by atoms with van der Waals surface area (Å²) >= 11 is 1.54. The van der Waals surface area contributed by atoms with Gasteiger partial charge in [0.05, 0.1) is 22.9 Å². The zero-order valence-corrected chi connectivity index (χ0v) is 19.6. The first kappa shape index (κ1) is 22.9. The maximum Gasteiger partial charge on any atom is 0.337 e. The summed E-state index contributed by atoms with van der Waals surface area (Å²) in [4.78, 5) is 34.0. The van der Waals surface area contributed by atoms with Crippen LogP contribution >= 0.6 is 11.3 Å². The normalized spacial score (nSPS) is 11.2. The van der Waals surface area contributed by atoms with E-state index in [4.69, 9.17) is 9.72 Å². The highest BCUT2D eigenvalue weighted by molar-refractivity contribution is 7.22. The Bertz CT molecular complexity index is 1070. The Morgan fingerprint density at radius 1 is 1.00 bits per heavy atom. The van der Waals surface area contributed by atoms with Crippen LogP contribution in [0.5, 0.6) is 0 Å². The lowest BCUT2D eigenvalue weighted by atomic mass is 10.1. The molecule has 1 aromatic heterocycles. The van der Waals surface area contributed by atoms with Crippen LogP contribution in [0.4, 0.5) is 5.13 Å². The van der Waals surface area contributed by atoms with Gasteiger partial charge in [-0.05, 0) is 68.4 Å². The molecule has 0 unspecified atom stereocenters. The van der Waals surface area contributed by atoms with Crippen molar-refractivity contribution in [3.63, 3.8) is 0 Å². The second-order valence-electron chi connectivity index (χ2n) is 7.48. The molecule has 0 bridgehead atoms. The summed E-state index contributed by atoms with van der Waals surface area (Å²) in [5.41, 5.74) is 4.16. The number of aromatic nitrogens is 1. The van der Waals surface area contributed by atoms with Crippen molar-refractivity contribution in [2.45, 2.75) is 27.7 Å². The maximum atomic E-state index is 13.5. The third-order valence-electron chi connectivity index (χ3n) is 5.37. The molecule has 0 saturated carbocycles. The molecule has 0 aliphatic carbocycles. The Balaban J connectivity index is 1.97. The number of likely N-dealkylation sites (N-methyl/N-ethyl adjacent to an activating group) is 1. The van der Waals surface area contributed by atoms with Crippen molar-refractivity contribution in [2.75, 3.05) is 38.2 Å². The zero-order valence-electron chi connectivity index (χ0n) is 18.8. The summed E-state index contributed by atoms with van der Waals surface area (Å²) in [5.74, 6) is -0.550. The minimum absolute atomic E-state index is 0.128. The molecular formula is C24H29N3O3S. The number of ether oxygens (including phenoxy) is 1. The van der Waals surface area contributed by atoms with Gasteiger partial charge in [0.25, 0.3) is 5.91 Å². The summed E-state index contributed by atoms with van der Waals surface area (Å²) in [6.07, 6.45) is 0. The van der Waals surface area contributed by atoms with E-state index in [1.807, 2.05) is 0 Å². The second-order valence-corrected chi connectivity index (χ2v) is 8.46. The lowest BCUT2D eigenvalue weighted by Crippen LogP contribution is -2.38. The van der Waals surface area contributed by atoms with Crippen molar-refractivity contribution in [1.29, 1.82) is 0 Å². The van der Waals surface area contributed by atoms with Crippen molar-refractivity contribution in [2.24, 2.45) is 0 Å². The van der Waals surface area contributed by atoms with Crippen LogP contribution in [0.2, 0.25) is 0 Å². The number of amides is 1. The molecule has 3 aromatic rings. The molecule has 164 valence electrons. The van der Waals surface area contributed by atoms with E-state index in [0.29, 0.717) is 22.8 Å². The Labute approximate surface area is 187 Å². The summed E-state index contributed by atoms with van der Waals surface area (Å²) in [6.45, 7) is 11.5. The number of thiazole rings is 1. The van der Waals surface area contributed by atoms with Gasteiger partial charge in [-0.15, -0.1) is 0 Å². The number of carbonyl (C=O) groups excluding carboxylic acids is 2. The van der Waals surface area contributed by atoms with Gasteiger partial charge in [-0.1, -0.05) is 31.3 Å². The van der Waals surface area contributed by atoms with Crippen molar-refractivity contribution in [3.8, 4) is 0 Å². The molecular weight excluding hydrogens is 410 g/mol. The van der Waals surface area contributed by atoms with Gasteiger partial charge in [0.2, 0.25) is 0 Å². The first-order valence-electron chi connectivity index (χ1n) is 10.5. The number of rotatable bonds is 8. The fourth-order valence-corrected chi connectivity index (χ4v) is 4.61. The number of nitrogens with zero attached hydrogens (tertiary/aromatic N) is 3. The highest BCUT2D eigenvalue weighted by Crippen LogP contribution is 2.32. The molecule has 1 heterocycles. The van der Waals surface area contributed by atoms with Gasteiger partial charge in [-0.25, -0.2) is 9.78 Å². The van der Waals surface area contributed by atoms with E-state index < -0.39 is 5.97 Å². The molecule has 3 rings (SSSR count). The first-order valence-corrected chi connectivity index (χ1v) is 11.3. The summed E-state index contributed by atoms with van der Waals surface area (Å²) in [5, 5.41) is 0.693. The van der Waals surface area contributed by atoms with Crippen LogP contribution in [0.25, 0.3) is 10.2 Å². The Kier molecular flexibility index (Phi) is 7.41. The first-order chi connectivity index (χ1) is 14.9. The molecule has 1 amide bonds.